The monoisotopic (exact) mass is 314 g/mol. The minimum atomic E-state index is -0.205. The molecule has 0 saturated carbocycles. The van der Waals surface area contributed by atoms with E-state index in [-0.39, 0.29) is 11.8 Å². The topological polar surface area (TPSA) is 62.6 Å². The second-order valence-electron chi connectivity index (χ2n) is 5.28. The molecule has 5 nitrogen and oxygen atoms in total. The molecule has 0 aliphatic rings. The van der Waals surface area contributed by atoms with Crippen molar-refractivity contribution in [3.8, 4) is 0 Å². The number of nitrogens with one attached hydrogen (secondary N) is 1. The highest BCUT2D eigenvalue weighted by Crippen LogP contribution is 2.15. The molecule has 0 aliphatic heterocycles. The molecule has 1 aromatic heterocycles. The van der Waals surface area contributed by atoms with E-state index in [1.165, 1.54) is 6.26 Å². The summed E-state index contributed by atoms with van der Waals surface area (Å²) in [7, 11) is 0. The second-order valence-corrected chi connectivity index (χ2v) is 5.28. The number of anilines is 1. The Morgan fingerprint density at radius 1 is 1.09 bits per heavy atom. The molecule has 0 aliphatic carbocycles. The fourth-order valence-electron chi connectivity index (χ4n) is 2.39. The number of rotatable bonds is 6. The van der Waals surface area contributed by atoms with Gasteiger partial charge in [0.2, 0.25) is 5.91 Å². The Balaban J connectivity index is 1.98. The molecule has 2 amide bonds. The summed E-state index contributed by atoms with van der Waals surface area (Å²) in [4.78, 5) is 26.0. The molecule has 122 valence electrons. The van der Waals surface area contributed by atoms with Crippen molar-refractivity contribution in [2.75, 3.05) is 18.4 Å². The van der Waals surface area contributed by atoms with Gasteiger partial charge in [-0.2, -0.15) is 0 Å². The Kier molecular flexibility index (Phi) is 5.57. The molecule has 1 N–H and O–H groups in total. The molecule has 0 bridgehead atoms. The van der Waals surface area contributed by atoms with Crippen LogP contribution < -0.4 is 5.32 Å². The van der Waals surface area contributed by atoms with E-state index in [9.17, 15) is 9.59 Å². The summed E-state index contributed by atoms with van der Waals surface area (Å²) in [5, 5.41) is 2.82. The molecule has 0 unspecified atom stereocenters. The lowest BCUT2D eigenvalue weighted by Gasteiger charge is -2.18. The number of hydrogen-bond donors (Lipinski definition) is 1. The predicted octanol–water partition coefficient (Wildman–Crippen LogP) is 3.25. The van der Waals surface area contributed by atoms with Crippen LogP contribution in [0.5, 0.6) is 0 Å². The van der Waals surface area contributed by atoms with Gasteiger partial charge in [-0.05, 0) is 44.5 Å². The number of carbonyl (C=O) groups is 2. The molecule has 0 saturated heterocycles. The summed E-state index contributed by atoms with van der Waals surface area (Å²) >= 11 is 0. The zero-order valence-electron chi connectivity index (χ0n) is 13.8. The van der Waals surface area contributed by atoms with E-state index in [1.807, 2.05) is 26.0 Å². The van der Waals surface area contributed by atoms with Gasteiger partial charge in [0.05, 0.1) is 18.2 Å². The molecule has 23 heavy (non-hydrogen) atoms. The van der Waals surface area contributed by atoms with E-state index in [4.69, 9.17) is 4.42 Å². The van der Waals surface area contributed by atoms with E-state index in [0.717, 1.165) is 5.56 Å². The van der Waals surface area contributed by atoms with Crippen LogP contribution in [0.3, 0.4) is 0 Å². The van der Waals surface area contributed by atoms with Crippen molar-refractivity contribution in [1.29, 1.82) is 0 Å². The lowest BCUT2D eigenvalue weighted by Crippen LogP contribution is -2.31. The molecule has 2 rings (SSSR count). The number of likely N-dealkylation sites (N-methyl/N-ethyl adjacent to an activating group) is 1. The van der Waals surface area contributed by atoms with Crippen LogP contribution in [0.15, 0.2) is 41.0 Å². The molecule has 5 heteroatoms. The van der Waals surface area contributed by atoms with Crippen LogP contribution in [-0.2, 0) is 11.2 Å². The summed E-state index contributed by atoms with van der Waals surface area (Å²) in [6.45, 7) is 7.12. The summed E-state index contributed by atoms with van der Waals surface area (Å²) in [6, 6.07) is 8.97. The van der Waals surface area contributed by atoms with Gasteiger partial charge in [0.25, 0.3) is 5.91 Å². The molecule has 2 aromatic rings. The van der Waals surface area contributed by atoms with Gasteiger partial charge >= 0.3 is 0 Å². The smallest absolute Gasteiger partial charge is 0.259 e. The van der Waals surface area contributed by atoms with Gasteiger partial charge in [0.1, 0.15) is 5.76 Å². The molecule has 1 heterocycles. The third-order valence-electron chi connectivity index (χ3n) is 3.79. The Bertz CT molecular complexity index is 670. The molecule has 0 atom stereocenters. The molecule has 0 radical (unpaired) electrons. The van der Waals surface area contributed by atoms with E-state index in [0.29, 0.717) is 36.5 Å². The van der Waals surface area contributed by atoms with Gasteiger partial charge in [-0.25, -0.2) is 0 Å². The van der Waals surface area contributed by atoms with Crippen molar-refractivity contribution >= 4 is 17.5 Å². The first-order valence-corrected chi connectivity index (χ1v) is 7.77. The zero-order chi connectivity index (χ0) is 16.8. The van der Waals surface area contributed by atoms with Crippen LogP contribution in [0.2, 0.25) is 0 Å². The predicted molar refractivity (Wildman–Crippen MR) is 89.5 cm³/mol. The average Bonchev–Trinajstić information content (AvgIpc) is 2.96. The van der Waals surface area contributed by atoms with Crippen LogP contribution in [0.25, 0.3) is 0 Å². The minimum absolute atomic E-state index is 0.112. The van der Waals surface area contributed by atoms with Crippen LogP contribution >= 0.6 is 0 Å². The Hall–Kier alpha value is -2.56. The van der Waals surface area contributed by atoms with Gasteiger partial charge in [-0.15, -0.1) is 0 Å². The first-order valence-electron chi connectivity index (χ1n) is 7.77. The largest absolute Gasteiger partial charge is 0.469 e. The Morgan fingerprint density at radius 2 is 1.74 bits per heavy atom. The lowest BCUT2D eigenvalue weighted by atomic mass is 10.1. The van der Waals surface area contributed by atoms with E-state index in [1.54, 1.807) is 30.0 Å². The highest BCUT2D eigenvalue weighted by Gasteiger charge is 2.12. The molecule has 1 aromatic carbocycles. The summed E-state index contributed by atoms with van der Waals surface area (Å²) < 4.78 is 5.13. The fraction of sp³-hybridized carbons (Fsp3) is 0.333. The second kappa shape index (κ2) is 7.63. The van der Waals surface area contributed by atoms with Crippen LogP contribution in [0, 0.1) is 6.92 Å². The fourth-order valence-corrected chi connectivity index (χ4v) is 2.39. The van der Waals surface area contributed by atoms with Crippen molar-refractivity contribution in [2.24, 2.45) is 0 Å². The van der Waals surface area contributed by atoms with Crippen LogP contribution in [0.1, 0.15) is 35.5 Å². The standard InChI is InChI=1S/C18H22N2O3/c1-4-20(5-2)17(21)12-14-6-8-15(9-7-14)19-18(22)16-10-11-23-13(16)3/h6-11H,4-5,12H2,1-3H3,(H,19,22). The highest BCUT2D eigenvalue weighted by molar-refractivity contribution is 6.04. The van der Waals surface area contributed by atoms with Gasteiger partial charge < -0.3 is 14.6 Å². The SMILES string of the molecule is CCN(CC)C(=O)Cc1ccc(NC(=O)c2ccoc2C)cc1. The van der Waals surface area contributed by atoms with Crippen molar-refractivity contribution in [3.63, 3.8) is 0 Å². The van der Waals surface area contributed by atoms with Gasteiger partial charge in [0.15, 0.2) is 0 Å². The van der Waals surface area contributed by atoms with Gasteiger partial charge in [0, 0.05) is 18.8 Å². The molecule has 0 fully saturated rings. The first kappa shape index (κ1) is 16.8. The number of amides is 2. The minimum Gasteiger partial charge on any atom is -0.469 e. The number of aryl methyl sites for hydroxylation is 1. The van der Waals surface area contributed by atoms with Crippen LogP contribution in [-0.4, -0.2) is 29.8 Å². The normalized spacial score (nSPS) is 10.4. The number of carbonyl (C=O) groups excluding carboxylic acids is 2. The van der Waals surface area contributed by atoms with Crippen molar-refractivity contribution in [2.45, 2.75) is 27.2 Å². The van der Waals surface area contributed by atoms with E-state index < -0.39 is 0 Å². The third kappa shape index (κ3) is 4.22. The number of furan rings is 1. The highest BCUT2D eigenvalue weighted by atomic mass is 16.3. The maximum absolute atomic E-state index is 12.1. The molecular formula is C18H22N2O3. The quantitative estimate of drug-likeness (QED) is 0.890. The Morgan fingerprint density at radius 3 is 2.26 bits per heavy atom. The third-order valence-corrected chi connectivity index (χ3v) is 3.79. The first-order chi connectivity index (χ1) is 11.0. The molecule has 0 spiro atoms. The van der Waals surface area contributed by atoms with Gasteiger partial charge in [-0.3, -0.25) is 9.59 Å². The van der Waals surface area contributed by atoms with E-state index >= 15 is 0 Å². The number of benzene rings is 1. The maximum atomic E-state index is 12.1. The average molecular weight is 314 g/mol. The number of nitrogens with zero attached hydrogens (tertiary/aromatic N) is 1. The summed E-state index contributed by atoms with van der Waals surface area (Å²) in [5.41, 5.74) is 2.14. The maximum Gasteiger partial charge on any atom is 0.259 e. The van der Waals surface area contributed by atoms with Gasteiger partial charge in [-0.1, -0.05) is 12.1 Å². The summed E-state index contributed by atoms with van der Waals surface area (Å²) in [5.74, 6) is 0.493. The van der Waals surface area contributed by atoms with Crippen molar-refractivity contribution < 1.29 is 14.0 Å². The molecular weight excluding hydrogens is 292 g/mol. The van der Waals surface area contributed by atoms with Crippen LogP contribution in [0.4, 0.5) is 5.69 Å². The Labute approximate surface area is 136 Å². The van der Waals surface area contributed by atoms with Crippen molar-refractivity contribution in [3.05, 3.63) is 53.5 Å². The summed E-state index contributed by atoms with van der Waals surface area (Å²) in [6.07, 6.45) is 1.86. The lowest BCUT2D eigenvalue weighted by molar-refractivity contribution is -0.130. The number of hydrogen-bond acceptors (Lipinski definition) is 3. The van der Waals surface area contributed by atoms with E-state index in [2.05, 4.69) is 5.32 Å². The van der Waals surface area contributed by atoms with Crippen molar-refractivity contribution in [1.82, 2.24) is 4.90 Å². The zero-order valence-corrected chi connectivity index (χ0v) is 13.8.